The molecule has 9 heteroatoms. The van der Waals surface area contributed by atoms with Crippen LogP contribution < -0.4 is 10.5 Å². The first kappa shape index (κ1) is 23.7. The Morgan fingerprint density at radius 1 is 1.12 bits per heavy atom. The van der Waals surface area contributed by atoms with Crippen molar-refractivity contribution in [3.05, 3.63) is 54.2 Å². The number of ether oxygens (including phenoxy) is 1. The Hall–Kier alpha value is -4.11. The van der Waals surface area contributed by atoms with Crippen molar-refractivity contribution in [2.45, 2.75) is 44.3 Å². The molecule has 1 aliphatic heterocycles. The number of nitrogens with two attached hydrogens (primary N) is 1. The molecule has 40 heavy (non-hydrogen) atoms. The van der Waals surface area contributed by atoms with Crippen molar-refractivity contribution in [3.8, 4) is 28.5 Å². The number of hydrogen-bond donors (Lipinski definition) is 2. The Balaban J connectivity index is 1.25. The van der Waals surface area contributed by atoms with Gasteiger partial charge >= 0.3 is 0 Å². The van der Waals surface area contributed by atoms with Crippen LogP contribution in [0.25, 0.3) is 44.7 Å². The van der Waals surface area contributed by atoms with Gasteiger partial charge in [-0.2, -0.15) is 5.10 Å². The number of fused-ring (bicyclic) bond motifs is 4. The quantitative estimate of drug-likeness (QED) is 0.331. The number of aromatic nitrogens is 5. The van der Waals surface area contributed by atoms with Gasteiger partial charge in [0.15, 0.2) is 5.82 Å². The molecule has 1 amide bonds. The van der Waals surface area contributed by atoms with E-state index in [9.17, 15) is 4.79 Å². The molecule has 3 unspecified atom stereocenters. The van der Waals surface area contributed by atoms with E-state index >= 15 is 0 Å². The van der Waals surface area contributed by atoms with Gasteiger partial charge in [-0.15, -0.1) is 0 Å². The number of piperidine rings is 1. The van der Waals surface area contributed by atoms with Gasteiger partial charge < -0.3 is 24.5 Å². The number of likely N-dealkylation sites (tertiary alicyclic amines) is 1. The van der Waals surface area contributed by atoms with E-state index < -0.39 is 0 Å². The van der Waals surface area contributed by atoms with Crippen molar-refractivity contribution in [1.82, 2.24) is 29.2 Å². The summed E-state index contributed by atoms with van der Waals surface area (Å²) in [4.78, 5) is 20.7. The van der Waals surface area contributed by atoms with E-state index in [2.05, 4.69) is 43.6 Å². The summed E-state index contributed by atoms with van der Waals surface area (Å²) in [5.74, 6) is 2.62. The first-order valence-corrected chi connectivity index (χ1v) is 14.2. The lowest BCUT2D eigenvalue weighted by Gasteiger charge is -2.27. The molecule has 3 N–H and O–H groups in total. The number of amides is 1. The summed E-state index contributed by atoms with van der Waals surface area (Å²) in [6.45, 7) is 1.69. The van der Waals surface area contributed by atoms with Crippen molar-refractivity contribution in [1.29, 1.82) is 0 Å². The van der Waals surface area contributed by atoms with Gasteiger partial charge in [0.2, 0.25) is 0 Å². The fourth-order valence-corrected chi connectivity index (χ4v) is 7.04. The summed E-state index contributed by atoms with van der Waals surface area (Å²) in [7, 11) is 3.69. The van der Waals surface area contributed by atoms with Gasteiger partial charge in [-0.3, -0.25) is 9.89 Å². The fourth-order valence-electron chi connectivity index (χ4n) is 7.04. The van der Waals surface area contributed by atoms with Crippen LogP contribution in [-0.4, -0.2) is 60.9 Å². The molecule has 9 nitrogen and oxygen atoms in total. The average Bonchev–Trinajstić information content (AvgIpc) is 3.34. The molecule has 4 heterocycles. The minimum atomic E-state index is 0.0174. The first-order valence-electron chi connectivity index (χ1n) is 14.2. The maximum absolute atomic E-state index is 13.7. The zero-order chi connectivity index (χ0) is 27.1. The number of nitrogens with one attached hydrogen (secondary N) is 1. The van der Waals surface area contributed by atoms with E-state index in [1.165, 1.54) is 23.7 Å². The Bertz CT molecular complexity index is 1780. The third-order valence-electron chi connectivity index (χ3n) is 9.38. The van der Waals surface area contributed by atoms with Crippen molar-refractivity contribution in [2.24, 2.45) is 24.6 Å². The summed E-state index contributed by atoms with van der Waals surface area (Å²) in [6.07, 6.45) is 6.45. The van der Waals surface area contributed by atoms with Crippen molar-refractivity contribution in [2.75, 3.05) is 13.7 Å². The summed E-state index contributed by atoms with van der Waals surface area (Å²) < 4.78 is 10.3. The van der Waals surface area contributed by atoms with Crippen LogP contribution in [-0.2, 0) is 13.6 Å². The number of aryl methyl sites for hydroxylation is 1. The standard InChI is InChI=1S/C31H33N7O2/c1-36-29-23(11-21(14-27(29)40-2)31(39)38-16-20-7-8-24(38)28(20)32)34-30(36)26-13-19-6-5-18(22-9-10-33-35-22)12-25(19)37(26)15-17-3-4-17/h5-6,9-14,17,20,24,28H,3-4,7-8,15-16,32H2,1-2H3,(H,33,35). The Morgan fingerprint density at radius 2 is 2.00 bits per heavy atom. The van der Waals surface area contributed by atoms with Gasteiger partial charge in [0.1, 0.15) is 11.3 Å². The van der Waals surface area contributed by atoms with E-state index in [0.29, 0.717) is 23.1 Å². The Labute approximate surface area is 231 Å². The van der Waals surface area contributed by atoms with Gasteiger partial charge in [0, 0.05) is 60.4 Å². The van der Waals surface area contributed by atoms with E-state index in [-0.39, 0.29) is 18.0 Å². The highest BCUT2D eigenvalue weighted by Gasteiger charge is 2.47. The summed E-state index contributed by atoms with van der Waals surface area (Å²) in [5, 5.41) is 8.48. The van der Waals surface area contributed by atoms with Crippen LogP contribution in [0.5, 0.6) is 5.75 Å². The van der Waals surface area contributed by atoms with Crippen molar-refractivity contribution in [3.63, 3.8) is 0 Å². The highest BCUT2D eigenvalue weighted by atomic mass is 16.5. The number of methoxy groups -OCH3 is 1. The predicted octanol–water partition coefficient (Wildman–Crippen LogP) is 4.57. The number of aromatic amines is 1. The lowest BCUT2D eigenvalue weighted by atomic mass is 10.1. The molecule has 0 spiro atoms. The number of benzene rings is 2. The van der Waals surface area contributed by atoms with Gasteiger partial charge in [0.05, 0.1) is 24.0 Å². The van der Waals surface area contributed by atoms with E-state index in [0.717, 1.165) is 59.7 Å². The molecule has 0 radical (unpaired) electrons. The molecule has 3 fully saturated rings. The second-order valence-corrected chi connectivity index (χ2v) is 11.8. The Kier molecular flexibility index (Phi) is 5.16. The van der Waals surface area contributed by atoms with Gasteiger partial charge in [0.25, 0.3) is 5.91 Å². The molecule has 2 aliphatic carbocycles. The zero-order valence-electron chi connectivity index (χ0n) is 22.8. The number of H-pyrrole nitrogens is 1. The summed E-state index contributed by atoms with van der Waals surface area (Å²) in [6, 6.07) is 14.7. The third kappa shape index (κ3) is 3.53. The number of nitrogens with zero attached hydrogens (tertiary/aromatic N) is 5. The molecule has 8 rings (SSSR count). The lowest BCUT2D eigenvalue weighted by Crippen LogP contribution is -2.41. The first-order chi connectivity index (χ1) is 19.5. The van der Waals surface area contributed by atoms with Crippen LogP contribution in [0, 0.1) is 11.8 Å². The van der Waals surface area contributed by atoms with Crippen LogP contribution >= 0.6 is 0 Å². The molecule has 2 bridgehead atoms. The molecule has 3 aromatic heterocycles. The van der Waals surface area contributed by atoms with Crippen LogP contribution in [0.3, 0.4) is 0 Å². The smallest absolute Gasteiger partial charge is 0.254 e. The van der Waals surface area contributed by atoms with Crippen molar-refractivity contribution >= 4 is 27.8 Å². The molecular weight excluding hydrogens is 502 g/mol. The predicted molar refractivity (Wildman–Crippen MR) is 154 cm³/mol. The minimum absolute atomic E-state index is 0.0174. The topological polar surface area (TPSA) is 107 Å². The second-order valence-electron chi connectivity index (χ2n) is 11.8. The van der Waals surface area contributed by atoms with Gasteiger partial charge in [-0.05, 0) is 67.9 Å². The molecule has 5 aromatic rings. The maximum Gasteiger partial charge on any atom is 0.254 e. The molecule has 204 valence electrons. The largest absolute Gasteiger partial charge is 0.494 e. The number of hydrogen-bond acceptors (Lipinski definition) is 5. The molecule has 3 aliphatic rings. The van der Waals surface area contributed by atoms with Crippen LogP contribution in [0.4, 0.5) is 0 Å². The van der Waals surface area contributed by atoms with Crippen LogP contribution in [0.1, 0.15) is 36.0 Å². The summed E-state index contributed by atoms with van der Waals surface area (Å²) >= 11 is 0. The third-order valence-corrected chi connectivity index (χ3v) is 9.38. The number of imidazole rings is 1. The SMILES string of the molecule is COc1cc(C(=O)N2CC3CCC2C3N)cc2nc(-c3cc4ccc(-c5cc[nH]n5)cc4n3CC3CC3)n(C)c12. The molecular formula is C31H33N7O2. The average molecular weight is 536 g/mol. The van der Waals surface area contributed by atoms with Gasteiger partial charge in [-0.25, -0.2) is 4.98 Å². The highest BCUT2D eigenvalue weighted by Crippen LogP contribution is 2.40. The zero-order valence-corrected chi connectivity index (χ0v) is 22.8. The normalized spacial score (nSPS) is 22.2. The Morgan fingerprint density at radius 3 is 2.70 bits per heavy atom. The number of carbonyl (C=O) groups excluding carboxylic acids is 1. The lowest BCUT2D eigenvalue weighted by molar-refractivity contribution is 0.0700. The number of carbonyl (C=O) groups is 1. The number of rotatable bonds is 6. The van der Waals surface area contributed by atoms with E-state index in [1.807, 2.05) is 36.3 Å². The fraction of sp³-hybridized carbons (Fsp3) is 0.387. The molecule has 2 saturated carbocycles. The second kappa shape index (κ2) is 8.69. The summed E-state index contributed by atoms with van der Waals surface area (Å²) in [5.41, 5.74) is 12.9. The molecule has 2 aromatic carbocycles. The van der Waals surface area contributed by atoms with Crippen LogP contribution in [0.2, 0.25) is 0 Å². The minimum Gasteiger partial charge on any atom is -0.494 e. The van der Waals surface area contributed by atoms with E-state index in [1.54, 1.807) is 7.11 Å². The van der Waals surface area contributed by atoms with Crippen LogP contribution in [0.15, 0.2) is 48.7 Å². The molecule has 1 saturated heterocycles. The molecule has 3 atom stereocenters. The van der Waals surface area contributed by atoms with E-state index in [4.69, 9.17) is 15.5 Å². The monoisotopic (exact) mass is 535 g/mol. The maximum atomic E-state index is 13.7. The van der Waals surface area contributed by atoms with Crippen molar-refractivity contribution < 1.29 is 9.53 Å². The van der Waals surface area contributed by atoms with Gasteiger partial charge in [-0.1, -0.05) is 12.1 Å². The highest BCUT2D eigenvalue weighted by molar-refractivity contribution is 6.00.